The van der Waals surface area contributed by atoms with Gasteiger partial charge in [0.2, 0.25) is 10.0 Å². The summed E-state index contributed by atoms with van der Waals surface area (Å²) in [5, 5.41) is 5.63. The molecule has 0 spiro atoms. The van der Waals surface area contributed by atoms with Crippen molar-refractivity contribution in [1.82, 2.24) is 15.0 Å². The molecule has 0 radical (unpaired) electrons. The Morgan fingerprint density at radius 1 is 1.03 bits per heavy atom. The number of thiazole rings is 1. The number of sulfonamides is 1. The van der Waals surface area contributed by atoms with Crippen LogP contribution in [0.2, 0.25) is 0 Å². The molecule has 0 aliphatic rings. The lowest BCUT2D eigenvalue weighted by atomic mass is 10.2. The van der Waals surface area contributed by atoms with Gasteiger partial charge in [-0.05, 0) is 50.2 Å². The Bertz CT molecular complexity index is 1090. The summed E-state index contributed by atoms with van der Waals surface area (Å²) < 4.78 is 32.6. The van der Waals surface area contributed by atoms with Crippen molar-refractivity contribution in [2.45, 2.75) is 25.3 Å². The quantitative estimate of drug-likeness (QED) is 0.494. The van der Waals surface area contributed by atoms with E-state index in [4.69, 9.17) is 4.74 Å². The third kappa shape index (κ3) is 6.12. The normalized spacial score (nSPS) is 11.3. The van der Waals surface area contributed by atoms with E-state index in [0.29, 0.717) is 17.9 Å². The molecule has 30 heavy (non-hydrogen) atoms. The number of carbonyl (C=O) groups excluding carboxylic acids is 1. The summed E-state index contributed by atoms with van der Waals surface area (Å²) in [4.78, 5) is 16.8. The third-order valence-electron chi connectivity index (χ3n) is 4.20. The first-order valence-corrected chi connectivity index (χ1v) is 11.7. The van der Waals surface area contributed by atoms with E-state index in [1.165, 1.54) is 0 Å². The predicted molar refractivity (Wildman–Crippen MR) is 116 cm³/mol. The maximum atomic E-state index is 12.2. The number of nitrogens with one attached hydrogen (secondary N) is 2. The average molecular weight is 446 g/mol. The number of aromatic nitrogens is 1. The van der Waals surface area contributed by atoms with Gasteiger partial charge >= 0.3 is 0 Å². The number of amides is 1. The number of hydrogen-bond acceptors (Lipinski definition) is 6. The molecule has 0 aliphatic carbocycles. The van der Waals surface area contributed by atoms with E-state index in [1.54, 1.807) is 59.9 Å². The van der Waals surface area contributed by atoms with Crippen LogP contribution in [0.4, 0.5) is 0 Å². The molecule has 0 bridgehead atoms. The van der Waals surface area contributed by atoms with Crippen LogP contribution in [-0.2, 0) is 16.6 Å². The average Bonchev–Trinajstić information content (AvgIpc) is 3.15. The van der Waals surface area contributed by atoms with Crippen LogP contribution in [0.15, 0.2) is 58.8 Å². The summed E-state index contributed by atoms with van der Waals surface area (Å²) in [6, 6.07) is 13.3. The van der Waals surface area contributed by atoms with E-state index in [-0.39, 0.29) is 23.9 Å². The van der Waals surface area contributed by atoms with Crippen molar-refractivity contribution in [3.63, 3.8) is 0 Å². The van der Waals surface area contributed by atoms with E-state index < -0.39 is 10.0 Å². The molecular formula is C21H23N3O4S2. The van der Waals surface area contributed by atoms with Crippen LogP contribution in [-0.4, -0.2) is 32.4 Å². The number of nitrogens with zero attached hydrogens (tertiary/aromatic N) is 1. The summed E-state index contributed by atoms with van der Waals surface area (Å²) in [6.07, 6.45) is 0. The largest absolute Gasteiger partial charge is 0.487 e. The first-order valence-electron chi connectivity index (χ1n) is 9.32. The number of aryl methyl sites for hydroxylation is 2. The molecule has 0 aliphatic heterocycles. The second-order valence-electron chi connectivity index (χ2n) is 6.64. The molecule has 2 N–H and O–H groups in total. The zero-order valence-electron chi connectivity index (χ0n) is 16.7. The molecule has 7 nitrogen and oxygen atoms in total. The van der Waals surface area contributed by atoms with Crippen LogP contribution in [0, 0.1) is 13.8 Å². The molecule has 1 aromatic heterocycles. The number of hydrogen-bond donors (Lipinski definition) is 2. The molecule has 3 rings (SSSR count). The zero-order valence-corrected chi connectivity index (χ0v) is 18.3. The molecule has 0 saturated heterocycles. The molecule has 0 atom stereocenters. The van der Waals surface area contributed by atoms with E-state index >= 15 is 0 Å². The molecule has 2 aromatic carbocycles. The highest BCUT2D eigenvalue weighted by molar-refractivity contribution is 7.89. The topological polar surface area (TPSA) is 97.4 Å². The van der Waals surface area contributed by atoms with Crippen LogP contribution >= 0.6 is 11.3 Å². The molecule has 0 fully saturated rings. The molecule has 1 amide bonds. The lowest BCUT2D eigenvalue weighted by Crippen LogP contribution is -2.34. The Kier molecular flexibility index (Phi) is 7.20. The molecular weight excluding hydrogens is 422 g/mol. The highest BCUT2D eigenvalue weighted by atomic mass is 32.2. The lowest BCUT2D eigenvalue weighted by molar-refractivity contribution is 0.0954. The van der Waals surface area contributed by atoms with Crippen molar-refractivity contribution in [3.05, 3.63) is 75.7 Å². The molecule has 0 saturated carbocycles. The summed E-state index contributed by atoms with van der Waals surface area (Å²) in [7, 11) is -3.60. The smallest absolute Gasteiger partial charge is 0.251 e. The fraction of sp³-hybridized carbons (Fsp3) is 0.238. The van der Waals surface area contributed by atoms with Gasteiger partial charge in [-0.2, -0.15) is 0 Å². The Morgan fingerprint density at radius 2 is 1.73 bits per heavy atom. The van der Waals surface area contributed by atoms with Gasteiger partial charge in [-0.3, -0.25) is 4.79 Å². The van der Waals surface area contributed by atoms with Crippen molar-refractivity contribution < 1.29 is 17.9 Å². The summed E-state index contributed by atoms with van der Waals surface area (Å²) in [6.45, 7) is 4.47. The highest BCUT2D eigenvalue weighted by Gasteiger charge is 2.13. The second kappa shape index (κ2) is 9.84. The van der Waals surface area contributed by atoms with Gasteiger partial charge in [0.25, 0.3) is 5.91 Å². The van der Waals surface area contributed by atoms with Crippen molar-refractivity contribution in [2.75, 3.05) is 13.1 Å². The Morgan fingerprint density at radius 3 is 2.37 bits per heavy atom. The zero-order chi connectivity index (χ0) is 21.6. The summed E-state index contributed by atoms with van der Waals surface area (Å²) in [5.41, 5.74) is 2.32. The van der Waals surface area contributed by atoms with Crippen LogP contribution in [0.3, 0.4) is 0 Å². The van der Waals surface area contributed by atoms with E-state index in [2.05, 4.69) is 15.0 Å². The van der Waals surface area contributed by atoms with Crippen molar-refractivity contribution in [2.24, 2.45) is 0 Å². The van der Waals surface area contributed by atoms with Gasteiger partial charge in [0.1, 0.15) is 12.4 Å². The van der Waals surface area contributed by atoms with Crippen molar-refractivity contribution >= 4 is 27.3 Å². The minimum Gasteiger partial charge on any atom is -0.487 e. The monoisotopic (exact) mass is 445 g/mol. The van der Waals surface area contributed by atoms with Crippen molar-refractivity contribution in [1.29, 1.82) is 0 Å². The van der Waals surface area contributed by atoms with Gasteiger partial charge in [0.15, 0.2) is 0 Å². The maximum Gasteiger partial charge on any atom is 0.251 e. The second-order valence-corrected chi connectivity index (χ2v) is 9.47. The first-order chi connectivity index (χ1) is 14.3. The minimum atomic E-state index is -3.60. The van der Waals surface area contributed by atoms with Gasteiger partial charge in [0, 0.05) is 24.0 Å². The molecule has 1 heterocycles. The predicted octanol–water partition coefficient (Wildman–Crippen LogP) is 3.05. The molecule has 158 valence electrons. The third-order valence-corrected chi connectivity index (χ3v) is 6.50. The van der Waals surface area contributed by atoms with Gasteiger partial charge in [0.05, 0.1) is 15.6 Å². The molecule has 3 aromatic rings. The first kappa shape index (κ1) is 21.9. The standard InChI is InChI=1S/C21H23N3O4S2/c1-15-3-9-20(10-4-15)30(26,27)23-12-11-22-21(25)17-5-7-19(8-6-17)28-13-18-14-29-16(2)24-18/h3-10,14,23H,11-13H2,1-2H3,(H,22,25). The summed E-state index contributed by atoms with van der Waals surface area (Å²) >= 11 is 1.57. The maximum absolute atomic E-state index is 12.2. The fourth-order valence-corrected chi connectivity index (χ4v) is 4.23. The number of benzene rings is 2. The lowest BCUT2D eigenvalue weighted by Gasteiger charge is -2.09. The Balaban J connectivity index is 1.43. The van der Waals surface area contributed by atoms with Gasteiger partial charge in [-0.1, -0.05) is 17.7 Å². The van der Waals surface area contributed by atoms with E-state index in [0.717, 1.165) is 16.3 Å². The van der Waals surface area contributed by atoms with Crippen LogP contribution in [0.25, 0.3) is 0 Å². The van der Waals surface area contributed by atoms with E-state index in [1.807, 2.05) is 19.2 Å². The SMILES string of the molecule is Cc1ccc(S(=O)(=O)NCCNC(=O)c2ccc(OCc3csc(C)n3)cc2)cc1. The van der Waals surface area contributed by atoms with Crippen LogP contribution < -0.4 is 14.8 Å². The summed E-state index contributed by atoms with van der Waals surface area (Å²) in [5.74, 6) is 0.356. The van der Waals surface area contributed by atoms with Crippen LogP contribution in [0.5, 0.6) is 5.75 Å². The number of rotatable bonds is 9. The van der Waals surface area contributed by atoms with Gasteiger partial charge in [-0.15, -0.1) is 11.3 Å². The Labute approximate surface area is 180 Å². The highest BCUT2D eigenvalue weighted by Crippen LogP contribution is 2.15. The fourth-order valence-electron chi connectivity index (χ4n) is 2.60. The van der Waals surface area contributed by atoms with E-state index in [9.17, 15) is 13.2 Å². The van der Waals surface area contributed by atoms with Gasteiger partial charge < -0.3 is 10.1 Å². The number of ether oxygens (including phenoxy) is 1. The van der Waals surface area contributed by atoms with Crippen LogP contribution in [0.1, 0.15) is 26.6 Å². The Hall–Kier alpha value is -2.75. The molecule has 0 unspecified atom stereocenters. The minimum absolute atomic E-state index is 0.0935. The van der Waals surface area contributed by atoms with Crippen molar-refractivity contribution in [3.8, 4) is 5.75 Å². The molecule has 9 heteroatoms. The van der Waals surface area contributed by atoms with Gasteiger partial charge in [-0.25, -0.2) is 18.1 Å². The number of carbonyl (C=O) groups is 1.